The highest BCUT2D eigenvalue weighted by Gasteiger charge is 2.33. The molecule has 0 atom stereocenters. The molecule has 0 unspecified atom stereocenters. The third-order valence-electron chi connectivity index (χ3n) is 5.34. The molecule has 174 valence electrons. The second-order valence-electron chi connectivity index (χ2n) is 7.78. The van der Waals surface area contributed by atoms with Crippen LogP contribution in [0.1, 0.15) is 51.3 Å². The Bertz CT molecular complexity index is 1420. The second kappa shape index (κ2) is 9.39. The van der Waals surface area contributed by atoms with Crippen LogP contribution in [-0.4, -0.2) is 25.0 Å². The Hall–Kier alpha value is -4.13. The van der Waals surface area contributed by atoms with Crippen molar-refractivity contribution in [1.29, 1.82) is 0 Å². The molecule has 0 aliphatic heterocycles. The van der Waals surface area contributed by atoms with Crippen molar-refractivity contribution in [2.24, 2.45) is 0 Å². The van der Waals surface area contributed by atoms with Crippen LogP contribution in [0.25, 0.3) is 22.3 Å². The SMILES string of the molecule is CCOC(=O)c1c(OCC)oc2c(C(=O)c3ccc(C)cc3)c(-c3ccc(C)cc3)oc(=O)c12. The summed E-state index contributed by atoms with van der Waals surface area (Å²) in [7, 11) is 0. The number of carbonyl (C=O) groups is 2. The molecule has 4 aromatic rings. The predicted octanol–water partition coefficient (Wildman–Crippen LogP) is 5.48. The van der Waals surface area contributed by atoms with E-state index in [2.05, 4.69) is 0 Å². The second-order valence-corrected chi connectivity index (χ2v) is 7.78. The first-order valence-electron chi connectivity index (χ1n) is 11.0. The van der Waals surface area contributed by atoms with E-state index in [-0.39, 0.29) is 47.0 Å². The van der Waals surface area contributed by atoms with E-state index in [1.54, 1.807) is 38.1 Å². The molecule has 2 aromatic heterocycles. The number of ether oxygens (including phenoxy) is 2. The molecular weight excluding hydrogens is 436 g/mol. The summed E-state index contributed by atoms with van der Waals surface area (Å²) in [5.74, 6) is -1.36. The number of furan rings is 1. The van der Waals surface area contributed by atoms with Crippen LogP contribution in [0.4, 0.5) is 0 Å². The zero-order chi connectivity index (χ0) is 24.4. The number of esters is 1. The third kappa shape index (κ3) is 4.12. The van der Waals surface area contributed by atoms with E-state index in [9.17, 15) is 14.4 Å². The van der Waals surface area contributed by atoms with Crippen molar-refractivity contribution in [3.8, 4) is 17.3 Å². The van der Waals surface area contributed by atoms with E-state index in [1.807, 2.05) is 38.1 Å². The van der Waals surface area contributed by atoms with Crippen LogP contribution in [0.15, 0.2) is 62.2 Å². The van der Waals surface area contributed by atoms with Gasteiger partial charge in [-0.2, -0.15) is 0 Å². The summed E-state index contributed by atoms with van der Waals surface area (Å²) < 4.78 is 22.2. The minimum Gasteiger partial charge on any atom is -0.465 e. The number of hydrogen-bond donors (Lipinski definition) is 0. The first kappa shape index (κ1) is 23.0. The van der Waals surface area contributed by atoms with Crippen LogP contribution in [0, 0.1) is 13.8 Å². The van der Waals surface area contributed by atoms with Crippen molar-refractivity contribution < 1.29 is 27.9 Å². The molecule has 2 heterocycles. The molecule has 0 saturated carbocycles. The molecule has 0 radical (unpaired) electrons. The molecule has 0 aliphatic carbocycles. The summed E-state index contributed by atoms with van der Waals surface area (Å²) >= 11 is 0. The number of benzene rings is 2. The molecule has 0 N–H and O–H groups in total. The average molecular weight is 460 g/mol. The van der Waals surface area contributed by atoms with Gasteiger partial charge >= 0.3 is 17.5 Å². The van der Waals surface area contributed by atoms with Crippen molar-refractivity contribution in [2.45, 2.75) is 27.7 Å². The van der Waals surface area contributed by atoms with Gasteiger partial charge in [-0.05, 0) is 27.7 Å². The van der Waals surface area contributed by atoms with Crippen molar-refractivity contribution in [3.63, 3.8) is 0 Å². The zero-order valence-electron chi connectivity index (χ0n) is 19.4. The molecule has 0 saturated heterocycles. The van der Waals surface area contributed by atoms with Gasteiger partial charge < -0.3 is 18.3 Å². The summed E-state index contributed by atoms with van der Waals surface area (Å²) in [5, 5.41) is -0.187. The van der Waals surface area contributed by atoms with E-state index in [1.165, 1.54) is 0 Å². The smallest absolute Gasteiger partial charge is 0.348 e. The van der Waals surface area contributed by atoms with Crippen LogP contribution < -0.4 is 10.4 Å². The number of aryl methyl sites for hydroxylation is 2. The highest BCUT2D eigenvalue weighted by Crippen LogP contribution is 2.38. The van der Waals surface area contributed by atoms with Crippen LogP contribution in [0.5, 0.6) is 5.95 Å². The van der Waals surface area contributed by atoms with Gasteiger partial charge in [0.2, 0.25) is 5.78 Å². The lowest BCUT2D eigenvalue weighted by Gasteiger charge is -2.09. The zero-order valence-corrected chi connectivity index (χ0v) is 19.4. The topological polar surface area (TPSA) is 96.0 Å². The minimum atomic E-state index is -0.830. The van der Waals surface area contributed by atoms with Crippen LogP contribution >= 0.6 is 0 Å². The lowest BCUT2D eigenvalue weighted by atomic mass is 9.96. The Morgan fingerprint density at radius 2 is 1.44 bits per heavy atom. The van der Waals surface area contributed by atoms with Gasteiger partial charge in [0.15, 0.2) is 16.9 Å². The van der Waals surface area contributed by atoms with Gasteiger partial charge in [0, 0.05) is 11.1 Å². The maximum absolute atomic E-state index is 13.7. The molecule has 7 nitrogen and oxygen atoms in total. The van der Waals surface area contributed by atoms with E-state index >= 15 is 0 Å². The normalized spacial score (nSPS) is 10.9. The maximum Gasteiger partial charge on any atom is 0.348 e. The lowest BCUT2D eigenvalue weighted by molar-refractivity contribution is 0.0520. The van der Waals surface area contributed by atoms with Crippen molar-refractivity contribution in [3.05, 3.63) is 86.8 Å². The molecule has 0 fully saturated rings. The third-order valence-corrected chi connectivity index (χ3v) is 5.34. The van der Waals surface area contributed by atoms with Gasteiger partial charge in [0.1, 0.15) is 10.9 Å². The molecule has 0 spiro atoms. The van der Waals surface area contributed by atoms with E-state index in [4.69, 9.17) is 18.3 Å². The predicted molar refractivity (Wildman–Crippen MR) is 127 cm³/mol. The van der Waals surface area contributed by atoms with Gasteiger partial charge in [-0.3, -0.25) is 4.79 Å². The van der Waals surface area contributed by atoms with Crippen LogP contribution in [0.2, 0.25) is 0 Å². The monoisotopic (exact) mass is 460 g/mol. The average Bonchev–Trinajstić information content (AvgIpc) is 3.19. The van der Waals surface area contributed by atoms with E-state index in [0.717, 1.165) is 11.1 Å². The maximum atomic E-state index is 13.7. The van der Waals surface area contributed by atoms with Crippen molar-refractivity contribution in [2.75, 3.05) is 13.2 Å². The Kier molecular flexibility index (Phi) is 6.36. The largest absolute Gasteiger partial charge is 0.465 e. The molecule has 0 bridgehead atoms. The van der Waals surface area contributed by atoms with Gasteiger partial charge in [0.25, 0.3) is 0 Å². The van der Waals surface area contributed by atoms with Gasteiger partial charge in [0.05, 0.1) is 13.2 Å². The van der Waals surface area contributed by atoms with Crippen LogP contribution in [-0.2, 0) is 4.74 Å². The van der Waals surface area contributed by atoms with Gasteiger partial charge in [-0.1, -0.05) is 59.7 Å². The number of carbonyl (C=O) groups excluding carboxylic acids is 2. The Morgan fingerprint density at radius 1 is 0.824 bits per heavy atom. The standard InChI is InChI=1S/C27H24O7/c1-5-31-25(29)20-19-24(34-27(20)32-6-2)21(22(28)17-11-7-15(3)8-12-17)23(33-26(19)30)18-13-9-16(4)10-14-18/h7-14H,5-6H2,1-4H3. The number of ketones is 1. The fourth-order valence-corrected chi connectivity index (χ4v) is 3.66. The Balaban J connectivity index is 2.09. The summed E-state index contributed by atoms with van der Waals surface area (Å²) in [6, 6.07) is 14.2. The Morgan fingerprint density at radius 3 is 2.03 bits per heavy atom. The number of hydrogen-bond acceptors (Lipinski definition) is 7. The van der Waals surface area contributed by atoms with Gasteiger partial charge in [-0.25, -0.2) is 9.59 Å². The summed E-state index contributed by atoms with van der Waals surface area (Å²) in [6.45, 7) is 7.44. The lowest BCUT2D eigenvalue weighted by Crippen LogP contribution is -2.13. The van der Waals surface area contributed by atoms with Crippen molar-refractivity contribution >= 4 is 22.7 Å². The fraction of sp³-hybridized carbons (Fsp3) is 0.222. The minimum absolute atomic E-state index is 0.0267. The van der Waals surface area contributed by atoms with Crippen molar-refractivity contribution in [1.82, 2.24) is 0 Å². The molecular formula is C27H24O7. The quantitative estimate of drug-likeness (QED) is 0.266. The molecule has 34 heavy (non-hydrogen) atoms. The first-order chi connectivity index (χ1) is 16.3. The summed E-state index contributed by atoms with van der Waals surface area (Å²) in [6.07, 6.45) is 0. The highest BCUT2D eigenvalue weighted by atomic mass is 16.6. The highest BCUT2D eigenvalue weighted by molar-refractivity contribution is 6.20. The van der Waals surface area contributed by atoms with E-state index < -0.39 is 17.4 Å². The Labute approximate surface area is 195 Å². The van der Waals surface area contributed by atoms with Gasteiger partial charge in [-0.15, -0.1) is 0 Å². The van der Waals surface area contributed by atoms with E-state index in [0.29, 0.717) is 11.1 Å². The van der Waals surface area contributed by atoms with Crippen LogP contribution in [0.3, 0.4) is 0 Å². The number of fused-ring (bicyclic) bond motifs is 1. The molecule has 2 aromatic carbocycles. The number of rotatable bonds is 7. The molecule has 0 aliphatic rings. The molecule has 0 amide bonds. The molecule has 7 heteroatoms. The first-order valence-corrected chi connectivity index (χ1v) is 11.0. The summed E-state index contributed by atoms with van der Waals surface area (Å²) in [5.41, 5.74) is 1.81. The summed E-state index contributed by atoms with van der Waals surface area (Å²) in [4.78, 5) is 39.6. The fourth-order valence-electron chi connectivity index (χ4n) is 3.66. The molecule has 4 rings (SSSR count).